The number of ether oxygens (including phenoxy) is 2. The second-order valence-electron chi connectivity index (χ2n) is 7.16. The number of rotatable bonds is 2. The summed E-state index contributed by atoms with van der Waals surface area (Å²) in [6.45, 7) is 0.808. The van der Waals surface area contributed by atoms with Crippen molar-refractivity contribution in [3.63, 3.8) is 0 Å². The Morgan fingerprint density at radius 1 is 1.10 bits per heavy atom. The van der Waals surface area contributed by atoms with E-state index in [1.165, 1.54) is 40.9 Å². The lowest BCUT2D eigenvalue weighted by Gasteiger charge is -2.18. The van der Waals surface area contributed by atoms with Gasteiger partial charge in [-0.15, -0.1) is 0 Å². The Morgan fingerprint density at radius 2 is 1.81 bits per heavy atom. The first kappa shape index (κ1) is 19.3. The van der Waals surface area contributed by atoms with E-state index in [-0.39, 0.29) is 17.7 Å². The standard InChI is InChI=1S/C19H18N6O5S/c1-22-10-6-11-12(30-5-4-29-11)7-13(10)31-18(22)21-14(26)8-25-9-20-16-15(25)17(27)24(3)19(28)23(16)2/h6-7,9H,4-5,8H2,1-3H3. The number of hydrogen-bond acceptors (Lipinski definition) is 7. The zero-order valence-electron chi connectivity index (χ0n) is 17.0. The van der Waals surface area contributed by atoms with Gasteiger partial charge in [-0.1, -0.05) is 11.3 Å². The van der Waals surface area contributed by atoms with Gasteiger partial charge < -0.3 is 18.6 Å². The lowest BCUT2D eigenvalue weighted by molar-refractivity contribution is -0.118. The molecule has 0 saturated carbocycles. The van der Waals surface area contributed by atoms with Crippen LogP contribution in [0.25, 0.3) is 21.4 Å². The molecule has 5 rings (SSSR count). The Kier molecular flexibility index (Phi) is 4.32. The van der Waals surface area contributed by atoms with E-state index in [0.717, 1.165) is 14.8 Å². The smallest absolute Gasteiger partial charge is 0.332 e. The van der Waals surface area contributed by atoms with E-state index in [1.807, 2.05) is 23.7 Å². The molecule has 0 N–H and O–H groups in total. The van der Waals surface area contributed by atoms with Crippen LogP contribution in [-0.4, -0.2) is 42.4 Å². The predicted octanol–water partition coefficient (Wildman–Crippen LogP) is -0.114. The zero-order valence-corrected chi connectivity index (χ0v) is 17.8. The first-order valence-electron chi connectivity index (χ1n) is 9.42. The molecular weight excluding hydrogens is 424 g/mol. The zero-order chi connectivity index (χ0) is 21.9. The number of amides is 1. The molecule has 0 bridgehead atoms. The predicted molar refractivity (Wildman–Crippen MR) is 113 cm³/mol. The number of hydrogen-bond donors (Lipinski definition) is 0. The van der Waals surface area contributed by atoms with Crippen molar-refractivity contribution in [2.24, 2.45) is 26.1 Å². The molecule has 0 spiro atoms. The fourth-order valence-electron chi connectivity index (χ4n) is 3.58. The highest BCUT2D eigenvalue weighted by molar-refractivity contribution is 7.16. The van der Waals surface area contributed by atoms with Crippen molar-refractivity contribution >= 4 is 38.6 Å². The molecule has 12 heteroatoms. The molecule has 1 aliphatic rings. The van der Waals surface area contributed by atoms with Crippen molar-refractivity contribution in [3.05, 3.63) is 44.1 Å². The molecule has 160 valence electrons. The molecular formula is C19H18N6O5S. The minimum Gasteiger partial charge on any atom is -0.486 e. The summed E-state index contributed by atoms with van der Waals surface area (Å²) in [6, 6.07) is 3.75. The molecule has 31 heavy (non-hydrogen) atoms. The molecule has 0 unspecified atom stereocenters. The van der Waals surface area contributed by atoms with Gasteiger partial charge in [-0.3, -0.25) is 18.7 Å². The Hall–Kier alpha value is -3.67. The first-order valence-corrected chi connectivity index (χ1v) is 10.2. The third-order valence-corrected chi connectivity index (χ3v) is 6.31. The van der Waals surface area contributed by atoms with Gasteiger partial charge in [0.15, 0.2) is 27.5 Å². The van der Waals surface area contributed by atoms with Crippen molar-refractivity contribution in [1.82, 2.24) is 23.3 Å². The highest BCUT2D eigenvalue weighted by Gasteiger charge is 2.17. The largest absolute Gasteiger partial charge is 0.486 e. The maximum atomic E-state index is 12.7. The molecule has 0 radical (unpaired) electrons. The minimum absolute atomic E-state index is 0.177. The summed E-state index contributed by atoms with van der Waals surface area (Å²) in [5.74, 6) is 0.885. The number of thiazole rings is 1. The Morgan fingerprint density at radius 3 is 2.55 bits per heavy atom. The second kappa shape index (κ2) is 6.94. The first-order chi connectivity index (χ1) is 14.8. The fourth-order valence-corrected chi connectivity index (χ4v) is 4.62. The molecule has 1 amide bonds. The average molecular weight is 442 g/mol. The highest BCUT2D eigenvalue weighted by atomic mass is 32.1. The number of carbonyl (C=O) groups is 1. The monoisotopic (exact) mass is 442 g/mol. The van der Waals surface area contributed by atoms with Crippen LogP contribution in [0, 0.1) is 0 Å². The molecule has 1 aliphatic heterocycles. The van der Waals surface area contributed by atoms with Crippen molar-refractivity contribution < 1.29 is 14.3 Å². The van der Waals surface area contributed by atoms with E-state index in [2.05, 4.69) is 9.98 Å². The summed E-state index contributed by atoms with van der Waals surface area (Å²) < 4.78 is 17.6. The summed E-state index contributed by atoms with van der Waals surface area (Å²) >= 11 is 1.36. The molecule has 1 aromatic carbocycles. The number of benzene rings is 1. The second-order valence-corrected chi connectivity index (χ2v) is 8.17. The van der Waals surface area contributed by atoms with Gasteiger partial charge in [-0.05, 0) is 0 Å². The molecule has 0 fully saturated rings. The van der Waals surface area contributed by atoms with Crippen LogP contribution >= 0.6 is 11.3 Å². The summed E-state index contributed by atoms with van der Waals surface area (Å²) in [7, 11) is 4.73. The van der Waals surface area contributed by atoms with Crippen LogP contribution in [0.2, 0.25) is 0 Å². The molecule has 0 aliphatic carbocycles. The van der Waals surface area contributed by atoms with Crippen LogP contribution in [-0.2, 0) is 32.5 Å². The fraction of sp³-hybridized carbons (Fsp3) is 0.316. The molecule has 0 atom stereocenters. The van der Waals surface area contributed by atoms with Crippen molar-refractivity contribution in [2.45, 2.75) is 6.54 Å². The van der Waals surface area contributed by atoms with E-state index in [4.69, 9.17) is 9.47 Å². The summed E-state index contributed by atoms with van der Waals surface area (Å²) in [5, 5.41) is 0. The third kappa shape index (κ3) is 2.98. The third-order valence-electron chi connectivity index (χ3n) is 5.22. The van der Waals surface area contributed by atoms with E-state index >= 15 is 0 Å². The van der Waals surface area contributed by atoms with Gasteiger partial charge in [0.1, 0.15) is 19.8 Å². The van der Waals surface area contributed by atoms with E-state index in [9.17, 15) is 14.4 Å². The van der Waals surface area contributed by atoms with Crippen LogP contribution in [0.3, 0.4) is 0 Å². The Bertz CT molecular complexity index is 1570. The number of carbonyl (C=O) groups excluding carboxylic acids is 1. The number of imidazole rings is 1. The van der Waals surface area contributed by atoms with Gasteiger partial charge in [0, 0.05) is 33.3 Å². The number of nitrogens with zero attached hydrogens (tertiary/aromatic N) is 6. The van der Waals surface area contributed by atoms with Crippen LogP contribution in [0.5, 0.6) is 11.5 Å². The number of aryl methyl sites for hydroxylation is 2. The van der Waals surface area contributed by atoms with Gasteiger partial charge in [0.05, 0.1) is 16.5 Å². The summed E-state index contributed by atoms with van der Waals surface area (Å²) in [6.07, 6.45) is 1.37. The summed E-state index contributed by atoms with van der Waals surface area (Å²) in [4.78, 5) is 46.2. The van der Waals surface area contributed by atoms with Crippen molar-refractivity contribution in [2.75, 3.05) is 13.2 Å². The summed E-state index contributed by atoms with van der Waals surface area (Å²) in [5.41, 5.74) is 0.278. The molecule has 4 aromatic rings. The van der Waals surface area contributed by atoms with E-state index in [0.29, 0.717) is 29.5 Å². The number of fused-ring (bicyclic) bond motifs is 3. The topological polar surface area (TPSA) is 115 Å². The van der Waals surface area contributed by atoms with Crippen LogP contribution in [0.15, 0.2) is 33.0 Å². The number of aromatic nitrogens is 5. The van der Waals surface area contributed by atoms with Crippen LogP contribution < -0.4 is 25.5 Å². The molecule has 11 nitrogen and oxygen atoms in total. The van der Waals surface area contributed by atoms with Gasteiger partial charge in [-0.25, -0.2) is 9.78 Å². The van der Waals surface area contributed by atoms with Gasteiger partial charge in [0.25, 0.3) is 11.5 Å². The lowest BCUT2D eigenvalue weighted by Crippen LogP contribution is -2.37. The van der Waals surface area contributed by atoms with E-state index < -0.39 is 17.2 Å². The van der Waals surface area contributed by atoms with E-state index in [1.54, 1.807) is 0 Å². The normalized spacial score (nSPS) is 14.0. The maximum Gasteiger partial charge on any atom is 0.332 e. The Labute approximate surface area is 178 Å². The van der Waals surface area contributed by atoms with Gasteiger partial charge >= 0.3 is 5.69 Å². The molecule has 3 aromatic heterocycles. The maximum absolute atomic E-state index is 12.7. The van der Waals surface area contributed by atoms with Gasteiger partial charge in [-0.2, -0.15) is 4.99 Å². The SMILES string of the molecule is Cn1c(=O)c2c(ncn2CC(=O)N=c2sc3cc4c(cc3n2C)OCCO4)n(C)c1=O. The molecule has 0 saturated heterocycles. The lowest BCUT2D eigenvalue weighted by atomic mass is 10.3. The van der Waals surface area contributed by atoms with Crippen molar-refractivity contribution in [1.29, 1.82) is 0 Å². The minimum atomic E-state index is -0.513. The Balaban J connectivity index is 1.55. The average Bonchev–Trinajstić information content (AvgIpc) is 3.30. The van der Waals surface area contributed by atoms with Gasteiger partial charge in [0.2, 0.25) is 0 Å². The quantitative estimate of drug-likeness (QED) is 0.428. The molecule has 4 heterocycles. The van der Waals surface area contributed by atoms with Crippen LogP contribution in [0.4, 0.5) is 0 Å². The van der Waals surface area contributed by atoms with Crippen LogP contribution in [0.1, 0.15) is 0 Å². The highest BCUT2D eigenvalue weighted by Crippen LogP contribution is 2.35. The van der Waals surface area contributed by atoms with Crippen molar-refractivity contribution in [3.8, 4) is 11.5 Å².